The Hall–Kier alpha value is -1.06. The van der Waals surface area contributed by atoms with Crippen LogP contribution in [0.2, 0.25) is 0 Å². The molecule has 2 fully saturated rings. The highest BCUT2D eigenvalue weighted by molar-refractivity contribution is 5.87. The molecule has 1 amide bonds. The Bertz CT molecular complexity index is 222. The van der Waals surface area contributed by atoms with Crippen LogP contribution in [0.1, 0.15) is 19.3 Å². The minimum absolute atomic E-state index is 0.0128. The molecule has 1 atom stereocenters. The van der Waals surface area contributed by atoms with Gasteiger partial charge in [0.05, 0.1) is 6.61 Å². The Balaban J connectivity index is 1.84. The monoisotopic (exact) mass is 169 g/mol. The second-order valence-electron chi connectivity index (χ2n) is 3.29. The van der Waals surface area contributed by atoms with Crippen molar-refractivity contribution in [2.75, 3.05) is 6.61 Å². The van der Waals surface area contributed by atoms with E-state index in [-0.39, 0.29) is 23.8 Å². The number of hydrogen-bond donors (Lipinski definition) is 1. The summed E-state index contributed by atoms with van der Waals surface area (Å²) < 4.78 is 4.71. The molecular weight excluding hydrogens is 158 g/mol. The first-order valence-corrected chi connectivity index (χ1v) is 4.24. The summed E-state index contributed by atoms with van der Waals surface area (Å²) >= 11 is 0. The van der Waals surface area contributed by atoms with Gasteiger partial charge in [0.1, 0.15) is 6.04 Å². The van der Waals surface area contributed by atoms with Crippen molar-refractivity contribution in [1.29, 1.82) is 0 Å². The highest BCUT2D eigenvalue weighted by Crippen LogP contribution is 2.29. The molecule has 4 nitrogen and oxygen atoms in total. The minimum Gasteiger partial charge on any atom is -0.464 e. The number of amides is 1. The van der Waals surface area contributed by atoms with Gasteiger partial charge >= 0.3 is 5.97 Å². The summed E-state index contributed by atoms with van der Waals surface area (Å²) in [7, 11) is 0. The molecule has 2 rings (SSSR count). The van der Waals surface area contributed by atoms with Gasteiger partial charge in [0.15, 0.2) is 0 Å². The van der Waals surface area contributed by atoms with E-state index in [2.05, 4.69) is 5.32 Å². The first-order chi connectivity index (χ1) is 5.77. The topological polar surface area (TPSA) is 55.4 Å². The average molecular weight is 169 g/mol. The maximum absolute atomic E-state index is 11.2. The van der Waals surface area contributed by atoms with Gasteiger partial charge in [-0.25, -0.2) is 4.79 Å². The lowest BCUT2D eigenvalue weighted by atomic mass is 10.2. The van der Waals surface area contributed by atoms with Crippen molar-refractivity contribution >= 4 is 11.9 Å². The number of rotatable bonds is 2. The quantitative estimate of drug-likeness (QED) is 0.584. The third-order valence-corrected chi connectivity index (χ3v) is 2.20. The molecule has 1 saturated heterocycles. The van der Waals surface area contributed by atoms with Crippen LogP contribution in [0.4, 0.5) is 0 Å². The van der Waals surface area contributed by atoms with Crippen LogP contribution in [-0.4, -0.2) is 24.5 Å². The fraction of sp³-hybridized carbons (Fsp3) is 0.750. The molecule has 1 aliphatic carbocycles. The SMILES string of the molecule is O=C(N[C@H]1CCOC1=O)C1CC1. The molecule has 12 heavy (non-hydrogen) atoms. The molecule has 1 heterocycles. The van der Waals surface area contributed by atoms with Crippen LogP contribution in [-0.2, 0) is 14.3 Å². The van der Waals surface area contributed by atoms with Gasteiger partial charge in [-0.3, -0.25) is 4.79 Å². The van der Waals surface area contributed by atoms with Crippen LogP contribution in [0.3, 0.4) is 0 Å². The predicted molar refractivity (Wildman–Crippen MR) is 40.2 cm³/mol. The summed E-state index contributed by atoms with van der Waals surface area (Å²) in [5, 5.41) is 2.68. The van der Waals surface area contributed by atoms with E-state index in [0.29, 0.717) is 13.0 Å². The van der Waals surface area contributed by atoms with Crippen LogP contribution in [0.25, 0.3) is 0 Å². The van der Waals surface area contributed by atoms with Gasteiger partial charge in [-0.1, -0.05) is 0 Å². The number of carbonyl (C=O) groups excluding carboxylic acids is 2. The Morgan fingerprint density at radius 3 is 2.67 bits per heavy atom. The molecule has 1 aliphatic heterocycles. The van der Waals surface area contributed by atoms with E-state index in [1.54, 1.807) is 0 Å². The van der Waals surface area contributed by atoms with Gasteiger partial charge in [0.25, 0.3) is 0 Å². The third-order valence-electron chi connectivity index (χ3n) is 2.20. The van der Waals surface area contributed by atoms with E-state index in [9.17, 15) is 9.59 Å². The number of cyclic esters (lactones) is 1. The molecule has 0 aromatic carbocycles. The summed E-state index contributed by atoms with van der Waals surface area (Å²) in [5.74, 6) is -0.110. The van der Waals surface area contributed by atoms with Crippen LogP contribution in [0.15, 0.2) is 0 Å². The standard InChI is InChI=1S/C8H11NO3/c10-7(5-1-2-5)9-6-3-4-12-8(6)11/h5-6H,1-4H2,(H,9,10)/t6-/m0/s1. The normalized spacial score (nSPS) is 28.3. The molecule has 0 aromatic rings. The van der Waals surface area contributed by atoms with Crippen molar-refractivity contribution < 1.29 is 14.3 Å². The number of ether oxygens (including phenoxy) is 1. The fourth-order valence-corrected chi connectivity index (χ4v) is 1.26. The summed E-state index contributed by atoms with van der Waals surface area (Å²) in [6, 6.07) is -0.377. The van der Waals surface area contributed by atoms with E-state index in [1.807, 2.05) is 0 Å². The van der Waals surface area contributed by atoms with E-state index in [4.69, 9.17) is 4.74 Å². The van der Waals surface area contributed by atoms with Crippen LogP contribution >= 0.6 is 0 Å². The largest absolute Gasteiger partial charge is 0.464 e. The smallest absolute Gasteiger partial charge is 0.328 e. The van der Waals surface area contributed by atoms with Crippen molar-refractivity contribution in [3.8, 4) is 0 Å². The fourth-order valence-electron chi connectivity index (χ4n) is 1.26. The molecule has 0 aromatic heterocycles. The number of esters is 1. The molecule has 66 valence electrons. The van der Waals surface area contributed by atoms with Gasteiger partial charge in [-0.2, -0.15) is 0 Å². The first kappa shape index (κ1) is 7.58. The van der Waals surface area contributed by atoms with Crippen molar-refractivity contribution in [1.82, 2.24) is 5.32 Å². The number of hydrogen-bond acceptors (Lipinski definition) is 3. The Kier molecular flexibility index (Phi) is 1.75. The van der Waals surface area contributed by atoms with Gasteiger partial charge < -0.3 is 10.1 Å². The van der Waals surface area contributed by atoms with Gasteiger partial charge in [-0.05, 0) is 12.8 Å². The molecule has 4 heteroatoms. The summed E-state index contributed by atoms with van der Waals surface area (Å²) in [5.41, 5.74) is 0. The van der Waals surface area contributed by atoms with Crippen molar-refractivity contribution in [3.63, 3.8) is 0 Å². The Morgan fingerprint density at radius 2 is 2.17 bits per heavy atom. The van der Waals surface area contributed by atoms with Crippen molar-refractivity contribution in [2.24, 2.45) is 5.92 Å². The molecule has 2 aliphatic rings. The zero-order valence-electron chi connectivity index (χ0n) is 6.71. The van der Waals surface area contributed by atoms with E-state index >= 15 is 0 Å². The highest BCUT2D eigenvalue weighted by atomic mass is 16.5. The van der Waals surface area contributed by atoms with Gasteiger partial charge in [0.2, 0.25) is 5.91 Å². The lowest BCUT2D eigenvalue weighted by Gasteiger charge is -2.06. The zero-order valence-corrected chi connectivity index (χ0v) is 6.71. The zero-order chi connectivity index (χ0) is 8.55. The number of carbonyl (C=O) groups is 2. The maximum atomic E-state index is 11.2. The lowest BCUT2D eigenvalue weighted by molar-refractivity contribution is -0.141. The Morgan fingerprint density at radius 1 is 1.42 bits per heavy atom. The third kappa shape index (κ3) is 1.42. The van der Waals surface area contributed by atoms with Crippen molar-refractivity contribution in [2.45, 2.75) is 25.3 Å². The molecule has 0 radical (unpaired) electrons. The highest BCUT2D eigenvalue weighted by Gasteiger charge is 2.34. The molecule has 0 unspecified atom stereocenters. The predicted octanol–water partition coefficient (Wildman–Crippen LogP) is -0.172. The average Bonchev–Trinajstić information content (AvgIpc) is 2.80. The first-order valence-electron chi connectivity index (χ1n) is 4.24. The maximum Gasteiger partial charge on any atom is 0.328 e. The second kappa shape index (κ2) is 2.77. The second-order valence-corrected chi connectivity index (χ2v) is 3.29. The van der Waals surface area contributed by atoms with Gasteiger partial charge in [0, 0.05) is 12.3 Å². The van der Waals surface area contributed by atoms with Crippen molar-refractivity contribution in [3.05, 3.63) is 0 Å². The van der Waals surface area contributed by atoms with E-state index in [0.717, 1.165) is 12.8 Å². The summed E-state index contributed by atoms with van der Waals surface area (Å²) in [4.78, 5) is 22.1. The van der Waals surface area contributed by atoms with Crippen LogP contribution in [0.5, 0.6) is 0 Å². The number of nitrogens with one attached hydrogen (secondary N) is 1. The van der Waals surface area contributed by atoms with E-state index in [1.165, 1.54) is 0 Å². The summed E-state index contributed by atoms with van der Waals surface area (Å²) in [6.07, 6.45) is 2.55. The summed E-state index contributed by atoms with van der Waals surface area (Å²) in [6.45, 7) is 0.439. The molecule has 0 spiro atoms. The van der Waals surface area contributed by atoms with E-state index < -0.39 is 0 Å². The minimum atomic E-state index is -0.377. The van der Waals surface area contributed by atoms with Crippen LogP contribution in [0, 0.1) is 5.92 Å². The molecule has 0 bridgehead atoms. The molecule has 1 N–H and O–H groups in total. The lowest BCUT2D eigenvalue weighted by Crippen LogP contribution is -2.38. The van der Waals surface area contributed by atoms with Gasteiger partial charge in [-0.15, -0.1) is 0 Å². The Labute approximate surface area is 70.3 Å². The molecular formula is C8H11NO3. The van der Waals surface area contributed by atoms with Crippen LogP contribution < -0.4 is 5.32 Å². The molecule has 1 saturated carbocycles.